The Morgan fingerprint density at radius 1 is 1.08 bits per heavy atom. The number of benzene rings is 2. The Morgan fingerprint density at radius 2 is 1.67 bits per heavy atom. The normalized spacial score (nSPS) is 16.3. The number of carbonyl (C=O) groups excluding carboxylic acids is 1. The second-order valence-electron chi connectivity index (χ2n) is 4.83. The lowest BCUT2D eigenvalue weighted by Crippen LogP contribution is -2.27. The maximum atomic E-state index is 12.6. The van der Waals surface area contributed by atoms with Crippen LogP contribution < -0.4 is 4.90 Å². The zero-order valence-electron chi connectivity index (χ0n) is 11.8. The molecule has 0 bridgehead atoms. The summed E-state index contributed by atoms with van der Waals surface area (Å²) in [5, 5.41) is 10.4. The van der Waals surface area contributed by atoms with Crippen LogP contribution in [0.15, 0.2) is 41.3 Å². The molecule has 122 valence electrons. The van der Waals surface area contributed by atoms with Crippen LogP contribution in [0.2, 0.25) is 15.1 Å². The summed E-state index contributed by atoms with van der Waals surface area (Å²) < 4.78 is 0.421. The smallest absolute Gasteiger partial charge is 0.270 e. The molecule has 0 aromatic heterocycles. The molecule has 1 saturated heterocycles. The third kappa shape index (κ3) is 3.41. The summed E-state index contributed by atoms with van der Waals surface area (Å²) in [5.41, 5.74) is 1.24. The number of nitrogens with zero attached hydrogens (tertiary/aromatic N) is 1. The van der Waals surface area contributed by atoms with Crippen LogP contribution in [0.5, 0.6) is 5.75 Å². The highest BCUT2D eigenvalue weighted by Crippen LogP contribution is 2.38. The number of phenols is 1. The average Bonchev–Trinajstić information content (AvgIpc) is 2.80. The first-order chi connectivity index (χ1) is 11.4. The Balaban J connectivity index is 1.95. The van der Waals surface area contributed by atoms with Gasteiger partial charge in [0, 0.05) is 5.02 Å². The largest absolute Gasteiger partial charge is 0.505 e. The average molecular weight is 417 g/mol. The van der Waals surface area contributed by atoms with Crippen LogP contribution in [0.3, 0.4) is 0 Å². The predicted molar refractivity (Wildman–Crippen MR) is 105 cm³/mol. The maximum Gasteiger partial charge on any atom is 0.270 e. The third-order valence-corrected chi connectivity index (χ3v) is 5.35. The van der Waals surface area contributed by atoms with Gasteiger partial charge in [0.2, 0.25) is 0 Å². The van der Waals surface area contributed by atoms with Gasteiger partial charge in [0.05, 0.1) is 20.6 Å². The molecule has 0 saturated carbocycles. The monoisotopic (exact) mass is 415 g/mol. The van der Waals surface area contributed by atoms with Gasteiger partial charge in [-0.1, -0.05) is 58.8 Å². The first kappa shape index (κ1) is 17.6. The van der Waals surface area contributed by atoms with E-state index in [-0.39, 0.29) is 21.7 Å². The Kier molecular flexibility index (Phi) is 5.08. The summed E-state index contributed by atoms with van der Waals surface area (Å²) in [7, 11) is 0. The Hall–Kier alpha value is -1.24. The van der Waals surface area contributed by atoms with E-state index in [4.69, 9.17) is 47.0 Å². The molecule has 0 unspecified atom stereocenters. The van der Waals surface area contributed by atoms with E-state index < -0.39 is 0 Å². The summed E-state index contributed by atoms with van der Waals surface area (Å²) in [5.74, 6) is -0.433. The molecule has 3 nitrogen and oxygen atoms in total. The van der Waals surface area contributed by atoms with Crippen molar-refractivity contribution < 1.29 is 9.90 Å². The number of hydrogen-bond acceptors (Lipinski definition) is 4. The number of rotatable bonds is 2. The highest BCUT2D eigenvalue weighted by atomic mass is 35.5. The molecule has 1 aliphatic rings. The number of carbonyl (C=O) groups is 1. The summed E-state index contributed by atoms with van der Waals surface area (Å²) in [6.07, 6.45) is 1.63. The highest BCUT2D eigenvalue weighted by Gasteiger charge is 2.33. The van der Waals surface area contributed by atoms with Crippen LogP contribution in [0.25, 0.3) is 6.08 Å². The molecule has 1 fully saturated rings. The van der Waals surface area contributed by atoms with Crippen molar-refractivity contribution in [2.75, 3.05) is 4.90 Å². The molecule has 8 heteroatoms. The van der Waals surface area contributed by atoms with Crippen molar-refractivity contribution >= 4 is 80.8 Å². The number of aromatic hydroxyl groups is 1. The molecule has 24 heavy (non-hydrogen) atoms. The van der Waals surface area contributed by atoms with E-state index in [1.54, 1.807) is 30.3 Å². The van der Waals surface area contributed by atoms with Crippen molar-refractivity contribution in [1.82, 2.24) is 0 Å². The van der Waals surface area contributed by atoms with Crippen LogP contribution in [-0.2, 0) is 4.79 Å². The van der Waals surface area contributed by atoms with Gasteiger partial charge < -0.3 is 5.11 Å². The van der Waals surface area contributed by atoms with Crippen LogP contribution in [0.4, 0.5) is 5.69 Å². The quantitative estimate of drug-likeness (QED) is 0.499. The second kappa shape index (κ2) is 6.94. The maximum absolute atomic E-state index is 12.6. The van der Waals surface area contributed by atoms with Crippen molar-refractivity contribution in [2.45, 2.75) is 0 Å². The molecule has 0 atom stereocenters. The van der Waals surface area contributed by atoms with E-state index in [0.717, 1.165) is 0 Å². The zero-order chi connectivity index (χ0) is 17.4. The first-order valence-corrected chi connectivity index (χ1v) is 8.94. The zero-order valence-corrected chi connectivity index (χ0v) is 15.7. The van der Waals surface area contributed by atoms with E-state index in [2.05, 4.69) is 0 Å². The molecule has 3 rings (SSSR count). The third-order valence-electron chi connectivity index (χ3n) is 3.22. The lowest BCUT2D eigenvalue weighted by Gasteiger charge is -2.14. The molecule has 1 aliphatic heterocycles. The van der Waals surface area contributed by atoms with Gasteiger partial charge in [0.1, 0.15) is 0 Å². The number of thiocarbonyl (C=S) groups is 1. The van der Waals surface area contributed by atoms with E-state index in [0.29, 0.717) is 25.5 Å². The Bertz CT molecular complexity index is 858. The lowest BCUT2D eigenvalue weighted by molar-refractivity contribution is -0.113. The molecular weight excluding hydrogens is 409 g/mol. The molecule has 0 spiro atoms. The minimum absolute atomic E-state index is 0.113. The van der Waals surface area contributed by atoms with Crippen LogP contribution >= 0.6 is 58.8 Å². The van der Waals surface area contributed by atoms with Gasteiger partial charge in [-0.2, -0.15) is 0 Å². The van der Waals surface area contributed by atoms with E-state index in [1.807, 2.05) is 0 Å². The molecule has 2 aromatic carbocycles. The molecule has 0 aliphatic carbocycles. The van der Waals surface area contributed by atoms with E-state index >= 15 is 0 Å². The van der Waals surface area contributed by atoms with E-state index in [1.165, 1.54) is 28.8 Å². The molecule has 0 radical (unpaired) electrons. The van der Waals surface area contributed by atoms with Crippen LogP contribution in [0, 0.1) is 0 Å². The standard InChI is InChI=1S/C16H8Cl3NO2S2/c17-9-1-3-10(4-2-9)20-15(22)13(24-16(20)23)7-8-5-11(18)14(21)12(19)6-8/h1-7,21H/b13-7+. The summed E-state index contributed by atoms with van der Waals surface area (Å²) in [6, 6.07) is 9.89. The molecular formula is C16H8Cl3NO2S2. The van der Waals surface area contributed by atoms with Crippen molar-refractivity contribution in [3.8, 4) is 5.75 Å². The van der Waals surface area contributed by atoms with Crippen molar-refractivity contribution in [3.63, 3.8) is 0 Å². The first-order valence-electron chi connectivity index (χ1n) is 6.58. The fourth-order valence-electron chi connectivity index (χ4n) is 2.10. The highest BCUT2D eigenvalue weighted by molar-refractivity contribution is 8.27. The summed E-state index contributed by atoms with van der Waals surface area (Å²) >= 11 is 24.2. The predicted octanol–water partition coefficient (Wildman–Crippen LogP) is 5.76. The number of anilines is 1. The fraction of sp³-hybridized carbons (Fsp3) is 0. The van der Waals surface area contributed by atoms with Gasteiger partial charge >= 0.3 is 0 Å². The Morgan fingerprint density at radius 3 is 2.25 bits per heavy atom. The summed E-state index contributed by atoms with van der Waals surface area (Å²) in [4.78, 5) is 14.5. The minimum atomic E-state index is -0.243. The Labute approximate surface area is 162 Å². The minimum Gasteiger partial charge on any atom is -0.505 e. The second-order valence-corrected chi connectivity index (χ2v) is 7.75. The molecule has 1 heterocycles. The number of hydrogen-bond donors (Lipinski definition) is 1. The van der Waals surface area contributed by atoms with Crippen LogP contribution in [-0.4, -0.2) is 15.3 Å². The van der Waals surface area contributed by atoms with Crippen molar-refractivity contribution in [1.29, 1.82) is 0 Å². The SMILES string of the molecule is O=C1/C(=C\c2cc(Cl)c(O)c(Cl)c2)SC(=S)N1c1ccc(Cl)cc1. The molecule has 2 aromatic rings. The van der Waals surface area contributed by atoms with Gasteiger partial charge in [-0.15, -0.1) is 0 Å². The van der Waals surface area contributed by atoms with Gasteiger partial charge in [0.15, 0.2) is 10.1 Å². The lowest BCUT2D eigenvalue weighted by atomic mass is 10.2. The number of amides is 1. The van der Waals surface area contributed by atoms with E-state index in [9.17, 15) is 9.90 Å². The van der Waals surface area contributed by atoms with Crippen molar-refractivity contribution in [3.05, 3.63) is 61.9 Å². The van der Waals surface area contributed by atoms with Crippen LogP contribution in [0.1, 0.15) is 5.56 Å². The van der Waals surface area contributed by atoms with Gasteiger partial charge in [-0.3, -0.25) is 9.69 Å². The molecule has 1 N–H and O–H groups in total. The topological polar surface area (TPSA) is 40.5 Å². The van der Waals surface area contributed by atoms with Gasteiger partial charge in [0.25, 0.3) is 5.91 Å². The number of phenolic OH excluding ortho intramolecular Hbond substituents is 1. The summed E-state index contributed by atoms with van der Waals surface area (Å²) in [6.45, 7) is 0. The van der Waals surface area contributed by atoms with Gasteiger partial charge in [-0.25, -0.2) is 0 Å². The molecule has 1 amide bonds. The van der Waals surface area contributed by atoms with Crippen molar-refractivity contribution in [2.24, 2.45) is 0 Å². The fourth-order valence-corrected chi connectivity index (χ4v) is 4.03. The van der Waals surface area contributed by atoms with Gasteiger partial charge in [-0.05, 0) is 48.0 Å². The number of thioether (sulfide) groups is 1. The number of halogens is 3.